The van der Waals surface area contributed by atoms with E-state index in [0.29, 0.717) is 0 Å². The maximum Gasteiger partial charge on any atom is 0.139 e. The Balaban J connectivity index is 2.20. The minimum Gasteiger partial charge on any atom is -0.338 e. The lowest BCUT2D eigenvalue weighted by atomic mass is 10.2. The summed E-state index contributed by atoms with van der Waals surface area (Å²) in [5.41, 5.74) is 2.91. The van der Waals surface area contributed by atoms with Crippen LogP contribution < -0.4 is 0 Å². The molecule has 1 heterocycles. The van der Waals surface area contributed by atoms with E-state index in [9.17, 15) is 0 Å². The Morgan fingerprint density at radius 2 is 1.94 bits per heavy atom. The Labute approximate surface area is 117 Å². The van der Waals surface area contributed by atoms with E-state index in [1.54, 1.807) is 0 Å². The molecule has 2 nitrogen and oxygen atoms in total. The second kappa shape index (κ2) is 4.31. The van der Waals surface area contributed by atoms with Crippen molar-refractivity contribution in [1.82, 2.24) is 9.97 Å². The van der Waals surface area contributed by atoms with E-state index in [-0.39, 0.29) is 0 Å². The van der Waals surface area contributed by atoms with Gasteiger partial charge in [0.1, 0.15) is 5.82 Å². The van der Waals surface area contributed by atoms with Crippen molar-refractivity contribution in [2.45, 2.75) is 0 Å². The Morgan fingerprint density at radius 3 is 2.71 bits per heavy atom. The van der Waals surface area contributed by atoms with E-state index in [1.165, 1.54) is 0 Å². The summed E-state index contributed by atoms with van der Waals surface area (Å²) in [5, 5.41) is 0.718. The number of nitrogens with zero attached hydrogens (tertiary/aromatic N) is 1. The normalized spacial score (nSPS) is 10.9. The summed E-state index contributed by atoms with van der Waals surface area (Å²) in [4.78, 5) is 7.81. The minimum absolute atomic E-state index is 0.718. The number of aromatic amines is 1. The van der Waals surface area contributed by atoms with Gasteiger partial charge in [0, 0.05) is 9.13 Å². The van der Waals surface area contributed by atoms with E-state index < -0.39 is 0 Å². The van der Waals surface area contributed by atoms with Gasteiger partial charge < -0.3 is 4.98 Å². The second-order valence-electron chi connectivity index (χ2n) is 3.73. The maximum absolute atomic E-state index is 6.23. The molecule has 0 spiro atoms. The molecule has 3 aromatic rings. The highest BCUT2D eigenvalue weighted by Gasteiger charge is 2.08. The van der Waals surface area contributed by atoms with Crippen molar-refractivity contribution in [2.24, 2.45) is 0 Å². The van der Waals surface area contributed by atoms with Gasteiger partial charge >= 0.3 is 0 Å². The molecule has 0 radical (unpaired) electrons. The molecule has 1 N–H and O–H groups in total. The highest BCUT2D eigenvalue weighted by Crippen LogP contribution is 2.28. The third-order valence-electron chi connectivity index (χ3n) is 2.58. The number of nitrogens with one attached hydrogen (secondary N) is 1. The molecule has 3 rings (SSSR count). The molecule has 17 heavy (non-hydrogen) atoms. The monoisotopic (exact) mass is 354 g/mol. The number of hydrogen-bond acceptors (Lipinski definition) is 1. The molecule has 0 aliphatic rings. The van der Waals surface area contributed by atoms with Crippen LogP contribution in [0.2, 0.25) is 5.02 Å². The molecule has 0 aliphatic carbocycles. The standard InChI is InChI=1S/C13H8ClIN2/c14-10-7-8(15)5-6-9(10)13-16-11-3-1-2-4-12(11)17-13/h1-7H,(H,16,17). The van der Waals surface area contributed by atoms with Gasteiger partial charge in [-0.25, -0.2) is 4.98 Å². The number of para-hydroxylation sites is 2. The molecule has 2 aromatic carbocycles. The van der Waals surface area contributed by atoms with Gasteiger partial charge in [0.05, 0.1) is 16.1 Å². The fraction of sp³-hybridized carbons (Fsp3) is 0. The van der Waals surface area contributed by atoms with Crippen molar-refractivity contribution < 1.29 is 0 Å². The van der Waals surface area contributed by atoms with E-state index in [0.717, 1.165) is 31.0 Å². The summed E-state index contributed by atoms with van der Waals surface area (Å²) >= 11 is 8.47. The average molecular weight is 355 g/mol. The molecule has 0 fully saturated rings. The van der Waals surface area contributed by atoms with Crippen LogP contribution in [0.4, 0.5) is 0 Å². The van der Waals surface area contributed by atoms with Crippen molar-refractivity contribution in [3.8, 4) is 11.4 Å². The van der Waals surface area contributed by atoms with E-state index in [4.69, 9.17) is 11.6 Å². The molecule has 0 bridgehead atoms. The first-order valence-corrected chi connectivity index (χ1v) is 6.60. The lowest BCUT2D eigenvalue weighted by molar-refractivity contribution is 1.33. The molecule has 4 heteroatoms. The highest BCUT2D eigenvalue weighted by molar-refractivity contribution is 14.1. The number of hydrogen-bond donors (Lipinski definition) is 1. The molecule has 0 atom stereocenters. The molecule has 1 aromatic heterocycles. The number of H-pyrrole nitrogens is 1. The van der Waals surface area contributed by atoms with Gasteiger partial charge in [0.2, 0.25) is 0 Å². The van der Waals surface area contributed by atoms with Crippen molar-refractivity contribution in [3.05, 3.63) is 51.1 Å². The first-order valence-electron chi connectivity index (χ1n) is 5.14. The van der Waals surface area contributed by atoms with Crippen molar-refractivity contribution >= 4 is 45.2 Å². The third kappa shape index (κ3) is 2.05. The number of aromatic nitrogens is 2. The van der Waals surface area contributed by atoms with Gasteiger partial charge in [-0.2, -0.15) is 0 Å². The van der Waals surface area contributed by atoms with Gasteiger partial charge in [-0.1, -0.05) is 23.7 Å². The predicted octanol–water partition coefficient (Wildman–Crippen LogP) is 4.49. The summed E-state index contributed by atoms with van der Waals surface area (Å²) in [6.45, 7) is 0. The van der Waals surface area contributed by atoms with Crippen LogP contribution in [0.15, 0.2) is 42.5 Å². The number of halogens is 2. The molecule has 0 amide bonds. The lowest BCUT2D eigenvalue weighted by Crippen LogP contribution is -1.82. The van der Waals surface area contributed by atoms with Crippen LogP contribution in [0.25, 0.3) is 22.4 Å². The first-order chi connectivity index (χ1) is 8.24. The molecule has 84 valence electrons. The smallest absolute Gasteiger partial charge is 0.139 e. The van der Waals surface area contributed by atoms with Crippen LogP contribution in [0, 0.1) is 3.57 Å². The van der Waals surface area contributed by atoms with Crippen LogP contribution in [0.3, 0.4) is 0 Å². The molecular formula is C13H8ClIN2. The van der Waals surface area contributed by atoms with Crippen LogP contribution in [0.5, 0.6) is 0 Å². The van der Waals surface area contributed by atoms with Crippen molar-refractivity contribution in [2.75, 3.05) is 0 Å². The minimum atomic E-state index is 0.718. The lowest BCUT2D eigenvalue weighted by Gasteiger charge is -2.00. The maximum atomic E-state index is 6.23. The molecule has 0 unspecified atom stereocenters. The highest BCUT2D eigenvalue weighted by atomic mass is 127. The molecule has 0 saturated carbocycles. The summed E-state index contributed by atoms with van der Waals surface area (Å²) in [7, 11) is 0. The van der Waals surface area contributed by atoms with E-state index in [2.05, 4.69) is 32.6 Å². The zero-order valence-electron chi connectivity index (χ0n) is 8.74. The van der Waals surface area contributed by atoms with Gasteiger partial charge in [0.15, 0.2) is 0 Å². The van der Waals surface area contributed by atoms with Crippen LogP contribution in [0.1, 0.15) is 0 Å². The van der Waals surface area contributed by atoms with Gasteiger partial charge in [-0.3, -0.25) is 0 Å². The zero-order valence-corrected chi connectivity index (χ0v) is 11.7. The quantitative estimate of drug-likeness (QED) is 0.641. The Morgan fingerprint density at radius 1 is 1.12 bits per heavy atom. The van der Waals surface area contributed by atoms with Gasteiger partial charge in [0.25, 0.3) is 0 Å². The first kappa shape index (κ1) is 11.0. The van der Waals surface area contributed by atoms with Crippen molar-refractivity contribution in [3.63, 3.8) is 0 Å². The number of imidazole rings is 1. The van der Waals surface area contributed by atoms with Gasteiger partial charge in [-0.15, -0.1) is 0 Å². The van der Waals surface area contributed by atoms with E-state index in [1.807, 2.05) is 42.5 Å². The fourth-order valence-electron chi connectivity index (χ4n) is 1.76. The fourth-order valence-corrected chi connectivity index (χ4v) is 2.71. The molecule has 0 saturated heterocycles. The molecular weight excluding hydrogens is 347 g/mol. The van der Waals surface area contributed by atoms with E-state index >= 15 is 0 Å². The third-order valence-corrected chi connectivity index (χ3v) is 3.56. The Kier molecular flexibility index (Phi) is 2.80. The number of rotatable bonds is 1. The summed E-state index contributed by atoms with van der Waals surface area (Å²) in [5.74, 6) is 0.813. The van der Waals surface area contributed by atoms with Crippen LogP contribution in [-0.4, -0.2) is 9.97 Å². The average Bonchev–Trinajstić information content (AvgIpc) is 2.72. The van der Waals surface area contributed by atoms with Crippen LogP contribution >= 0.6 is 34.2 Å². The Hall–Kier alpha value is -1.07. The zero-order chi connectivity index (χ0) is 11.8. The predicted molar refractivity (Wildman–Crippen MR) is 79.3 cm³/mol. The largest absolute Gasteiger partial charge is 0.338 e. The van der Waals surface area contributed by atoms with Crippen molar-refractivity contribution in [1.29, 1.82) is 0 Å². The van der Waals surface area contributed by atoms with Gasteiger partial charge in [-0.05, 0) is 52.9 Å². The topological polar surface area (TPSA) is 28.7 Å². The summed E-state index contributed by atoms with van der Waals surface area (Å²) in [6.07, 6.45) is 0. The number of fused-ring (bicyclic) bond motifs is 1. The number of benzene rings is 2. The molecule has 0 aliphatic heterocycles. The summed E-state index contributed by atoms with van der Waals surface area (Å²) in [6, 6.07) is 13.9. The summed E-state index contributed by atoms with van der Waals surface area (Å²) < 4.78 is 1.12. The Bertz CT molecular complexity index is 658. The van der Waals surface area contributed by atoms with Crippen LogP contribution in [-0.2, 0) is 0 Å². The second-order valence-corrected chi connectivity index (χ2v) is 5.38. The SMILES string of the molecule is Clc1cc(I)ccc1-c1nc2ccccc2[nH]1.